The van der Waals surface area contributed by atoms with Crippen molar-refractivity contribution in [2.45, 2.75) is 25.4 Å². The molecule has 2 amide bonds. The van der Waals surface area contributed by atoms with Crippen molar-refractivity contribution in [2.75, 3.05) is 19.0 Å². The Balaban J connectivity index is 1.26. The van der Waals surface area contributed by atoms with Crippen molar-refractivity contribution in [1.29, 1.82) is 0 Å². The summed E-state index contributed by atoms with van der Waals surface area (Å²) in [4.78, 5) is 43.6. The lowest BCUT2D eigenvalue weighted by Gasteiger charge is -2.13. The molecule has 2 aromatic carbocycles. The molecule has 1 N–H and O–H groups in total. The second-order valence-electron chi connectivity index (χ2n) is 8.61. The zero-order chi connectivity index (χ0) is 28.9. The van der Waals surface area contributed by atoms with E-state index in [0.29, 0.717) is 36.8 Å². The SMILES string of the molecule is COC(=O)c1ccc(/C=C2\SC(=S)N(CCCC(=O)Nc3ncc(Cc4cccc(C(F)(F)F)c4)s3)C2=O)cc1. The van der Waals surface area contributed by atoms with E-state index in [1.165, 1.54) is 35.6 Å². The van der Waals surface area contributed by atoms with Crippen LogP contribution in [-0.4, -0.2) is 45.6 Å². The fourth-order valence-electron chi connectivity index (χ4n) is 3.76. The van der Waals surface area contributed by atoms with E-state index in [-0.39, 0.29) is 31.2 Å². The standard InChI is InChI=1S/C27H22F3N3O4S3/c1-37-24(36)18-9-7-16(8-10-18)14-21-23(35)33(26(38)40-21)11-3-6-22(34)32-25-31-15-20(39-25)13-17-4-2-5-19(12-17)27(28,29)30/h2,4-5,7-10,12,14-15H,3,6,11,13H2,1H3,(H,31,32,34)/b21-14-. The van der Waals surface area contributed by atoms with Crippen molar-refractivity contribution in [3.63, 3.8) is 0 Å². The maximum Gasteiger partial charge on any atom is 0.416 e. The fraction of sp³-hybridized carbons (Fsp3) is 0.222. The summed E-state index contributed by atoms with van der Waals surface area (Å²) in [6, 6.07) is 11.7. The van der Waals surface area contributed by atoms with Gasteiger partial charge in [0.2, 0.25) is 5.91 Å². The van der Waals surface area contributed by atoms with Crippen molar-refractivity contribution < 1.29 is 32.3 Å². The summed E-state index contributed by atoms with van der Waals surface area (Å²) in [6.07, 6.45) is -0.463. The zero-order valence-electron chi connectivity index (χ0n) is 21.0. The number of anilines is 1. The van der Waals surface area contributed by atoms with E-state index in [4.69, 9.17) is 12.2 Å². The van der Waals surface area contributed by atoms with Crippen LogP contribution in [0.2, 0.25) is 0 Å². The number of amides is 2. The summed E-state index contributed by atoms with van der Waals surface area (Å²) < 4.78 is 43.9. The van der Waals surface area contributed by atoms with Gasteiger partial charge in [-0.3, -0.25) is 14.5 Å². The van der Waals surface area contributed by atoms with Crippen LogP contribution >= 0.6 is 35.3 Å². The van der Waals surface area contributed by atoms with Crippen molar-refractivity contribution in [2.24, 2.45) is 0 Å². The third-order valence-electron chi connectivity index (χ3n) is 5.72. The fourth-order valence-corrected chi connectivity index (χ4v) is 5.93. The number of halogens is 3. The molecule has 208 valence electrons. The average molecular weight is 606 g/mol. The molecular weight excluding hydrogens is 584 g/mol. The lowest BCUT2D eigenvalue weighted by Crippen LogP contribution is -2.29. The molecule has 0 unspecified atom stereocenters. The van der Waals surface area contributed by atoms with E-state index in [0.717, 1.165) is 29.5 Å². The number of thioether (sulfide) groups is 1. The molecular formula is C27H22F3N3O4S3. The van der Waals surface area contributed by atoms with Gasteiger partial charge in [-0.25, -0.2) is 9.78 Å². The number of thiazole rings is 1. The first-order valence-corrected chi connectivity index (χ1v) is 13.9. The molecule has 7 nitrogen and oxygen atoms in total. The van der Waals surface area contributed by atoms with E-state index in [9.17, 15) is 27.6 Å². The molecule has 40 heavy (non-hydrogen) atoms. The molecule has 0 saturated carbocycles. The number of benzene rings is 2. The number of methoxy groups -OCH3 is 1. The van der Waals surface area contributed by atoms with Gasteiger partial charge in [0, 0.05) is 30.5 Å². The summed E-state index contributed by atoms with van der Waals surface area (Å²) in [5.41, 5.74) is 0.903. The Labute approximate surface area is 241 Å². The Hall–Kier alpha value is -3.55. The van der Waals surface area contributed by atoms with Crippen molar-refractivity contribution in [1.82, 2.24) is 9.88 Å². The minimum absolute atomic E-state index is 0.119. The molecule has 3 aromatic rings. The first-order chi connectivity index (χ1) is 19.0. The number of thiocarbonyl (C=S) groups is 1. The van der Waals surface area contributed by atoms with Crippen LogP contribution in [0.4, 0.5) is 18.3 Å². The molecule has 1 fully saturated rings. The summed E-state index contributed by atoms with van der Waals surface area (Å²) >= 11 is 7.70. The number of esters is 1. The van der Waals surface area contributed by atoms with Crippen LogP contribution in [0.5, 0.6) is 0 Å². The molecule has 1 aromatic heterocycles. The highest BCUT2D eigenvalue weighted by molar-refractivity contribution is 8.26. The number of rotatable bonds is 9. The summed E-state index contributed by atoms with van der Waals surface area (Å²) in [7, 11) is 1.30. The van der Waals surface area contributed by atoms with Crippen molar-refractivity contribution in [3.05, 3.63) is 86.8 Å². The van der Waals surface area contributed by atoms with Crippen LogP contribution in [0.1, 0.15) is 44.8 Å². The molecule has 0 aliphatic carbocycles. The molecule has 13 heteroatoms. The zero-order valence-corrected chi connectivity index (χ0v) is 23.4. The number of nitrogens with zero attached hydrogens (tertiary/aromatic N) is 2. The van der Waals surface area contributed by atoms with Gasteiger partial charge in [0.1, 0.15) is 4.32 Å². The Morgan fingerprint density at radius 1 is 1.18 bits per heavy atom. The minimum Gasteiger partial charge on any atom is -0.465 e. The number of carbonyl (C=O) groups is 3. The third-order valence-corrected chi connectivity index (χ3v) is 8.01. The lowest BCUT2D eigenvalue weighted by atomic mass is 10.1. The number of ether oxygens (including phenoxy) is 1. The van der Waals surface area contributed by atoms with Crippen LogP contribution < -0.4 is 5.32 Å². The number of hydrogen-bond acceptors (Lipinski definition) is 8. The molecule has 1 aliphatic heterocycles. The Morgan fingerprint density at radius 2 is 1.93 bits per heavy atom. The van der Waals surface area contributed by atoms with Crippen molar-refractivity contribution >= 4 is 68.6 Å². The van der Waals surface area contributed by atoms with Gasteiger partial charge in [0.25, 0.3) is 5.91 Å². The van der Waals surface area contributed by atoms with Crippen LogP contribution in [0, 0.1) is 0 Å². The lowest BCUT2D eigenvalue weighted by molar-refractivity contribution is -0.137. The van der Waals surface area contributed by atoms with Crippen molar-refractivity contribution in [3.8, 4) is 0 Å². The van der Waals surface area contributed by atoms with E-state index >= 15 is 0 Å². The maximum absolute atomic E-state index is 12.9. The number of aromatic nitrogens is 1. The molecule has 0 spiro atoms. The Bertz CT molecular complexity index is 1470. The van der Waals surface area contributed by atoms with Gasteiger partial charge in [0.15, 0.2) is 5.13 Å². The van der Waals surface area contributed by atoms with Gasteiger partial charge in [-0.15, -0.1) is 11.3 Å². The summed E-state index contributed by atoms with van der Waals surface area (Å²) in [5.74, 6) is -1.01. The molecule has 1 saturated heterocycles. The summed E-state index contributed by atoms with van der Waals surface area (Å²) in [6.45, 7) is 0.259. The third kappa shape index (κ3) is 7.55. The number of hydrogen-bond donors (Lipinski definition) is 1. The quantitative estimate of drug-likeness (QED) is 0.178. The van der Waals surface area contributed by atoms with Crippen LogP contribution in [-0.2, 0) is 26.9 Å². The monoisotopic (exact) mass is 605 g/mol. The predicted octanol–water partition coefficient (Wildman–Crippen LogP) is 6.16. The molecule has 1 aliphatic rings. The van der Waals surface area contributed by atoms with Gasteiger partial charge in [-0.2, -0.15) is 13.2 Å². The van der Waals surface area contributed by atoms with Crippen LogP contribution in [0.3, 0.4) is 0 Å². The van der Waals surface area contributed by atoms with E-state index in [2.05, 4.69) is 15.0 Å². The minimum atomic E-state index is -4.41. The van der Waals surface area contributed by atoms with Gasteiger partial charge in [0.05, 0.1) is 23.1 Å². The normalized spacial score (nSPS) is 14.6. The highest BCUT2D eigenvalue weighted by atomic mass is 32.2. The number of alkyl halides is 3. The van der Waals surface area contributed by atoms with Gasteiger partial charge < -0.3 is 10.1 Å². The average Bonchev–Trinajstić information content (AvgIpc) is 3.46. The highest BCUT2D eigenvalue weighted by Crippen LogP contribution is 2.33. The molecule has 0 bridgehead atoms. The number of carbonyl (C=O) groups excluding carboxylic acids is 3. The maximum atomic E-state index is 12.9. The first kappa shape index (κ1) is 29.4. The second kappa shape index (κ2) is 12.7. The van der Waals surface area contributed by atoms with Gasteiger partial charge in [-0.05, 0) is 41.8 Å². The van der Waals surface area contributed by atoms with Gasteiger partial charge in [-0.1, -0.05) is 54.3 Å². The smallest absolute Gasteiger partial charge is 0.416 e. The van der Waals surface area contributed by atoms with E-state index in [1.54, 1.807) is 36.4 Å². The van der Waals surface area contributed by atoms with Gasteiger partial charge >= 0.3 is 12.1 Å². The molecule has 0 radical (unpaired) electrons. The van der Waals surface area contributed by atoms with E-state index in [1.807, 2.05) is 0 Å². The molecule has 4 rings (SSSR count). The first-order valence-electron chi connectivity index (χ1n) is 11.9. The molecule has 2 heterocycles. The van der Waals surface area contributed by atoms with E-state index < -0.39 is 17.7 Å². The Morgan fingerprint density at radius 3 is 2.62 bits per heavy atom. The Kier molecular flexibility index (Phi) is 9.38. The van der Waals surface area contributed by atoms with Crippen LogP contribution in [0.25, 0.3) is 6.08 Å². The topological polar surface area (TPSA) is 88.6 Å². The molecule has 0 atom stereocenters. The second-order valence-corrected chi connectivity index (χ2v) is 11.4. The largest absolute Gasteiger partial charge is 0.465 e. The summed E-state index contributed by atoms with van der Waals surface area (Å²) in [5, 5.41) is 3.04. The predicted molar refractivity (Wildman–Crippen MR) is 152 cm³/mol. The highest BCUT2D eigenvalue weighted by Gasteiger charge is 2.32. The number of nitrogens with one attached hydrogen (secondary N) is 1. The van der Waals surface area contributed by atoms with Crippen LogP contribution in [0.15, 0.2) is 59.6 Å².